The Bertz CT molecular complexity index is 1430. The summed E-state index contributed by atoms with van der Waals surface area (Å²) in [7, 11) is 0. The summed E-state index contributed by atoms with van der Waals surface area (Å²) in [5.41, 5.74) is 1.87. The molecule has 0 saturated carbocycles. The molecule has 0 bridgehead atoms. The summed E-state index contributed by atoms with van der Waals surface area (Å²) in [5, 5.41) is 15.5. The summed E-state index contributed by atoms with van der Waals surface area (Å²) in [4.78, 5) is 29.0. The Balaban J connectivity index is 1.64. The zero-order valence-corrected chi connectivity index (χ0v) is 17.8. The van der Waals surface area contributed by atoms with Crippen molar-refractivity contribution >= 4 is 39.5 Å². The zero-order valence-electron chi connectivity index (χ0n) is 17.0. The number of nitrogens with zero attached hydrogens (tertiary/aromatic N) is 2. The standard InChI is InChI=1S/C24H17N3O4S/c1-2-30-23(28)17-8-4-5-9-19(17)26-13-16(12-25)22-27-20(14-32-22)18-11-15-7-3-6-10-21(15)31-24(18)29/h3-11,13-14,26H,2H2,1H3. The Hall–Kier alpha value is -4.22. The molecule has 0 aliphatic heterocycles. The number of anilines is 1. The number of carbonyl (C=O) groups excluding carboxylic acids is 1. The number of hydrogen-bond donors (Lipinski definition) is 1. The first-order valence-electron chi connectivity index (χ1n) is 9.73. The average Bonchev–Trinajstić information content (AvgIpc) is 3.29. The van der Waals surface area contributed by atoms with Gasteiger partial charge in [0.05, 0.1) is 29.1 Å². The topological polar surface area (TPSA) is 105 Å². The molecule has 4 rings (SSSR count). The second kappa shape index (κ2) is 9.29. The van der Waals surface area contributed by atoms with E-state index in [-0.39, 0.29) is 12.2 Å². The van der Waals surface area contributed by atoms with Crippen LogP contribution in [0.4, 0.5) is 5.69 Å². The number of fused-ring (bicyclic) bond motifs is 1. The molecular formula is C24H17N3O4S. The molecule has 0 aliphatic rings. The molecule has 0 atom stereocenters. The first kappa shape index (κ1) is 21.0. The van der Waals surface area contributed by atoms with E-state index >= 15 is 0 Å². The smallest absolute Gasteiger partial charge is 0.345 e. The summed E-state index contributed by atoms with van der Waals surface area (Å²) in [6, 6.07) is 17.9. The van der Waals surface area contributed by atoms with Gasteiger partial charge in [0.15, 0.2) is 0 Å². The molecule has 2 heterocycles. The molecule has 2 aromatic carbocycles. The predicted molar refractivity (Wildman–Crippen MR) is 123 cm³/mol. The lowest BCUT2D eigenvalue weighted by Gasteiger charge is -2.08. The number of rotatable bonds is 6. The van der Waals surface area contributed by atoms with E-state index in [2.05, 4.69) is 16.4 Å². The number of hydrogen-bond acceptors (Lipinski definition) is 8. The van der Waals surface area contributed by atoms with Crippen molar-refractivity contribution in [1.82, 2.24) is 4.98 Å². The lowest BCUT2D eigenvalue weighted by atomic mass is 10.1. The van der Waals surface area contributed by atoms with Crippen molar-refractivity contribution in [2.75, 3.05) is 11.9 Å². The Morgan fingerprint density at radius 1 is 1.25 bits per heavy atom. The zero-order chi connectivity index (χ0) is 22.5. The van der Waals surface area contributed by atoms with Crippen molar-refractivity contribution in [2.45, 2.75) is 6.92 Å². The molecule has 7 nitrogen and oxygen atoms in total. The Kier molecular flexibility index (Phi) is 6.10. The molecular weight excluding hydrogens is 426 g/mol. The fourth-order valence-electron chi connectivity index (χ4n) is 3.05. The first-order valence-corrected chi connectivity index (χ1v) is 10.6. The maximum absolute atomic E-state index is 12.4. The molecule has 8 heteroatoms. The van der Waals surface area contributed by atoms with Gasteiger partial charge in [-0.2, -0.15) is 5.26 Å². The van der Waals surface area contributed by atoms with Crippen molar-refractivity contribution in [1.29, 1.82) is 5.26 Å². The highest BCUT2D eigenvalue weighted by atomic mass is 32.1. The van der Waals surface area contributed by atoms with Crippen molar-refractivity contribution in [3.63, 3.8) is 0 Å². The lowest BCUT2D eigenvalue weighted by Crippen LogP contribution is -2.07. The molecule has 0 fully saturated rings. The second-order valence-corrected chi connectivity index (χ2v) is 7.46. The molecule has 2 aromatic heterocycles. The number of allylic oxidation sites excluding steroid dienone is 1. The van der Waals surface area contributed by atoms with E-state index in [1.165, 1.54) is 17.5 Å². The van der Waals surface area contributed by atoms with Crippen molar-refractivity contribution in [3.05, 3.63) is 87.2 Å². The third-order valence-corrected chi connectivity index (χ3v) is 5.44. The number of aromatic nitrogens is 1. The van der Waals surface area contributed by atoms with Gasteiger partial charge in [0.1, 0.15) is 22.2 Å². The van der Waals surface area contributed by atoms with E-state index in [9.17, 15) is 14.9 Å². The average molecular weight is 443 g/mol. The third kappa shape index (κ3) is 4.29. The largest absolute Gasteiger partial charge is 0.462 e. The minimum absolute atomic E-state index is 0.255. The minimum atomic E-state index is -0.496. The summed E-state index contributed by atoms with van der Waals surface area (Å²) < 4.78 is 10.4. The quantitative estimate of drug-likeness (QED) is 0.252. The van der Waals surface area contributed by atoms with Gasteiger partial charge in [-0.15, -0.1) is 11.3 Å². The van der Waals surface area contributed by atoms with Gasteiger partial charge in [-0.3, -0.25) is 0 Å². The van der Waals surface area contributed by atoms with Crippen LogP contribution in [0.25, 0.3) is 27.8 Å². The van der Waals surface area contributed by atoms with E-state index in [0.717, 1.165) is 5.39 Å². The molecule has 32 heavy (non-hydrogen) atoms. The molecule has 0 spiro atoms. The van der Waals surface area contributed by atoms with Crippen LogP contribution >= 0.6 is 11.3 Å². The van der Waals surface area contributed by atoms with Gasteiger partial charge in [-0.1, -0.05) is 30.3 Å². The highest BCUT2D eigenvalue weighted by Crippen LogP contribution is 2.27. The number of thiazole rings is 1. The van der Waals surface area contributed by atoms with Crippen LogP contribution in [0, 0.1) is 11.3 Å². The number of ether oxygens (including phenoxy) is 1. The number of carbonyl (C=O) groups is 1. The fraction of sp³-hybridized carbons (Fsp3) is 0.0833. The van der Waals surface area contributed by atoms with Crippen LogP contribution in [-0.4, -0.2) is 17.6 Å². The van der Waals surface area contributed by atoms with E-state index in [4.69, 9.17) is 9.15 Å². The summed E-state index contributed by atoms with van der Waals surface area (Å²) >= 11 is 1.23. The van der Waals surface area contributed by atoms with E-state index < -0.39 is 11.6 Å². The Morgan fingerprint density at radius 3 is 2.84 bits per heavy atom. The van der Waals surface area contributed by atoms with Crippen LogP contribution in [0.3, 0.4) is 0 Å². The van der Waals surface area contributed by atoms with Crippen LogP contribution < -0.4 is 10.9 Å². The highest BCUT2D eigenvalue weighted by molar-refractivity contribution is 7.11. The summed E-state index contributed by atoms with van der Waals surface area (Å²) in [6.45, 7) is 1.99. The molecule has 0 amide bonds. The van der Waals surface area contributed by atoms with Gasteiger partial charge in [-0.05, 0) is 31.2 Å². The van der Waals surface area contributed by atoms with Crippen molar-refractivity contribution in [2.24, 2.45) is 0 Å². The summed E-state index contributed by atoms with van der Waals surface area (Å²) in [5.74, 6) is -0.456. The van der Waals surface area contributed by atoms with Gasteiger partial charge >= 0.3 is 11.6 Å². The van der Waals surface area contributed by atoms with Crippen LogP contribution in [0.1, 0.15) is 22.3 Å². The van der Waals surface area contributed by atoms with E-state index in [1.807, 2.05) is 12.1 Å². The monoisotopic (exact) mass is 443 g/mol. The van der Waals surface area contributed by atoms with Crippen molar-refractivity contribution in [3.8, 4) is 17.3 Å². The van der Waals surface area contributed by atoms with Crippen LogP contribution in [0.5, 0.6) is 0 Å². The minimum Gasteiger partial charge on any atom is -0.462 e. The van der Waals surface area contributed by atoms with Gasteiger partial charge < -0.3 is 14.5 Å². The van der Waals surface area contributed by atoms with Crippen molar-refractivity contribution < 1.29 is 13.9 Å². The number of para-hydroxylation sites is 2. The second-order valence-electron chi connectivity index (χ2n) is 6.60. The number of nitrogens with one attached hydrogen (secondary N) is 1. The molecule has 0 radical (unpaired) electrons. The molecule has 1 N–H and O–H groups in total. The first-order chi connectivity index (χ1) is 15.6. The van der Waals surface area contributed by atoms with Gasteiger partial charge in [0.25, 0.3) is 0 Å². The van der Waals surface area contributed by atoms with E-state index in [0.29, 0.717) is 33.1 Å². The van der Waals surface area contributed by atoms with Crippen LogP contribution in [0.15, 0.2) is 75.4 Å². The number of nitriles is 1. The Labute approximate surface area is 187 Å². The fourth-order valence-corrected chi connectivity index (χ4v) is 3.83. The normalized spacial score (nSPS) is 11.2. The van der Waals surface area contributed by atoms with E-state index in [1.54, 1.807) is 54.8 Å². The summed E-state index contributed by atoms with van der Waals surface area (Å²) in [6.07, 6.45) is 1.48. The van der Waals surface area contributed by atoms with Crippen LogP contribution in [-0.2, 0) is 4.74 Å². The number of esters is 1. The third-order valence-electron chi connectivity index (χ3n) is 4.57. The molecule has 0 aliphatic carbocycles. The van der Waals surface area contributed by atoms with Crippen LogP contribution in [0.2, 0.25) is 0 Å². The highest BCUT2D eigenvalue weighted by Gasteiger charge is 2.15. The lowest BCUT2D eigenvalue weighted by molar-refractivity contribution is 0.0527. The van der Waals surface area contributed by atoms with Gasteiger partial charge in [0, 0.05) is 17.0 Å². The SMILES string of the molecule is CCOC(=O)c1ccccc1NC=C(C#N)c1nc(-c2cc3ccccc3oc2=O)cs1. The number of benzene rings is 2. The molecule has 158 valence electrons. The maximum atomic E-state index is 12.4. The predicted octanol–water partition coefficient (Wildman–Crippen LogP) is 5.07. The van der Waals surface area contributed by atoms with Gasteiger partial charge in [0.2, 0.25) is 0 Å². The molecule has 0 saturated heterocycles. The van der Waals surface area contributed by atoms with Gasteiger partial charge in [-0.25, -0.2) is 14.6 Å². The molecule has 4 aromatic rings. The maximum Gasteiger partial charge on any atom is 0.345 e. The molecule has 0 unspecified atom stereocenters. The Morgan fingerprint density at radius 2 is 2.03 bits per heavy atom.